The van der Waals surface area contributed by atoms with E-state index in [0.29, 0.717) is 11.3 Å². The predicted molar refractivity (Wildman–Crippen MR) is 117 cm³/mol. The van der Waals surface area contributed by atoms with Crippen LogP contribution < -0.4 is 10.4 Å². The van der Waals surface area contributed by atoms with Crippen molar-refractivity contribution in [3.63, 3.8) is 0 Å². The van der Waals surface area contributed by atoms with Gasteiger partial charge in [-0.2, -0.15) is 0 Å². The molecule has 1 aromatic carbocycles. The summed E-state index contributed by atoms with van der Waals surface area (Å²) in [6.07, 6.45) is 9.46. The molecular weight excluding hydrogens is 364 g/mol. The highest BCUT2D eigenvalue weighted by atomic mass is 16.5. The molecule has 1 aliphatic rings. The van der Waals surface area contributed by atoms with Crippen molar-refractivity contribution in [2.75, 3.05) is 6.61 Å². The molecule has 158 valence electrons. The maximum atomic E-state index is 12.5. The third kappa shape index (κ3) is 5.09. The Kier molecular flexibility index (Phi) is 6.81. The number of carbonyl (C=O) groups excluding carboxylic acids is 1. The lowest BCUT2D eigenvalue weighted by Crippen LogP contribution is -2.26. The van der Waals surface area contributed by atoms with Crippen molar-refractivity contribution >= 4 is 16.8 Å². The summed E-state index contributed by atoms with van der Waals surface area (Å²) in [6.45, 7) is 7.94. The van der Waals surface area contributed by atoms with Crippen LogP contribution in [0.25, 0.3) is 11.0 Å². The minimum Gasteiger partial charge on any atom is -0.485 e. The number of fused-ring (bicyclic) bond motifs is 3. The van der Waals surface area contributed by atoms with Crippen molar-refractivity contribution in [1.82, 2.24) is 0 Å². The number of hydrogen-bond acceptors (Lipinski definition) is 4. The van der Waals surface area contributed by atoms with Crippen LogP contribution in [0.3, 0.4) is 0 Å². The number of unbranched alkanes of at least 4 members (excludes halogenated alkanes) is 3. The molecule has 0 fully saturated rings. The summed E-state index contributed by atoms with van der Waals surface area (Å²) in [5.41, 5.74) is 3.01. The van der Waals surface area contributed by atoms with Gasteiger partial charge in [0.2, 0.25) is 0 Å². The molecule has 2 aromatic rings. The Morgan fingerprint density at radius 1 is 1.07 bits per heavy atom. The van der Waals surface area contributed by atoms with Crippen molar-refractivity contribution in [2.45, 2.75) is 85.5 Å². The monoisotopic (exact) mass is 398 g/mol. The molecule has 0 saturated heterocycles. The van der Waals surface area contributed by atoms with Gasteiger partial charge in [0, 0.05) is 22.4 Å². The minimum absolute atomic E-state index is 0.0339. The van der Waals surface area contributed by atoms with E-state index in [1.54, 1.807) is 0 Å². The summed E-state index contributed by atoms with van der Waals surface area (Å²) in [5, 5.41) is 1.04. The van der Waals surface area contributed by atoms with E-state index < -0.39 is 5.41 Å². The molecule has 1 heterocycles. The number of aryl methyl sites for hydroxylation is 2. The van der Waals surface area contributed by atoms with Gasteiger partial charge >= 0.3 is 5.63 Å². The largest absolute Gasteiger partial charge is 0.485 e. The van der Waals surface area contributed by atoms with Gasteiger partial charge in [-0.1, -0.05) is 47.0 Å². The van der Waals surface area contributed by atoms with Gasteiger partial charge in [-0.25, -0.2) is 4.79 Å². The van der Waals surface area contributed by atoms with Crippen LogP contribution in [-0.4, -0.2) is 12.4 Å². The lowest BCUT2D eigenvalue weighted by molar-refractivity contribution is -0.128. The molecule has 0 spiro atoms. The molecule has 29 heavy (non-hydrogen) atoms. The lowest BCUT2D eigenvalue weighted by Gasteiger charge is -2.20. The number of ketones is 1. The number of Topliss-reactive ketones (excluding diaryl/α,β-unsaturated/α-hetero) is 1. The molecule has 4 heteroatoms. The van der Waals surface area contributed by atoms with Gasteiger partial charge in [-0.05, 0) is 55.7 Å². The molecule has 0 N–H and O–H groups in total. The van der Waals surface area contributed by atoms with Crippen LogP contribution in [0, 0.1) is 5.41 Å². The molecule has 0 saturated carbocycles. The Labute approximate surface area is 173 Å². The summed E-state index contributed by atoms with van der Waals surface area (Å²) in [7, 11) is 0. The number of ether oxygens (including phenoxy) is 1. The van der Waals surface area contributed by atoms with Crippen LogP contribution in [0.15, 0.2) is 21.3 Å². The van der Waals surface area contributed by atoms with Crippen LogP contribution in [0.5, 0.6) is 5.75 Å². The Morgan fingerprint density at radius 3 is 2.48 bits per heavy atom. The van der Waals surface area contributed by atoms with Crippen molar-refractivity contribution in [3.05, 3.63) is 39.2 Å². The highest BCUT2D eigenvalue weighted by molar-refractivity contribution is 5.86. The summed E-state index contributed by atoms with van der Waals surface area (Å²) in [5.74, 6) is 0.729. The Morgan fingerprint density at radius 2 is 1.79 bits per heavy atom. The van der Waals surface area contributed by atoms with Crippen molar-refractivity contribution in [3.8, 4) is 5.75 Å². The van der Waals surface area contributed by atoms with E-state index in [2.05, 4.69) is 13.0 Å². The summed E-state index contributed by atoms with van der Waals surface area (Å²) >= 11 is 0. The molecule has 0 radical (unpaired) electrons. The topological polar surface area (TPSA) is 56.5 Å². The highest BCUT2D eigenvalue weighted by Crippen LogP contribution is 2.33. The number of benzene rings is 1. The van der Waals surface area contributed by atoms with Crippen LogP contribution in [-0.2, 0) is 24.1 Å². The average Bonchev–Trinajstić information content (AvgIpc) is 2.69. The van der Waals surface area contributed by atoms with Crippen molar-refractivity contribution in [1.29, 1.82) is 0 Å². The second-order valence-electron chi connectivity index (χ2n) is 9.28. The maximum absolute atomic E-state index is 12.5. The van der Waals surface area contributed by atoms with Gasteiger partial charge < -0.3 is 9.15 Å². The first-order chi connectivity index (χ1) is 13.8. The molecule has 0 amide bonds. The standard InChI is InChI=1S/C25H34O4/c1-5-6-7-8-11-17-14-20-18-12-9-10-13-19(18)24(27)29-22(20)15-21(17)28-16-23(26)25(2,3)4/h14-15H,5-13,16H2,1-4H3. The predicted octanol–water partition coefficient (Wildman–Crippen LogP) is 5.79. The van der Waals surface area contributed by atoms with E-state index in [4.69, 9.17) is 9.15 Å². The molecule has 1 aromatic heterocycles. The lowest BCUT2D eigenvalue weighted by atomic mass is 9.89. The zero-order valence-electron chi connectivity index (χ0n) is 18.4. The van der Waals surface area contributed by atoms with Crippen LogP contribution in [0.1, 0.15) is 82.9 Å². The fourth-order valence-corrected chi connectivity index (χ4v) is 3.95. The normalized spacial score (nSPS) is 14.1. The minimum atomic E-state index is -0.441. The smallest absolute Gasteiger partial charge is 0.339 e. The first kappa shape index (κ1) is 21.6. The van der Waals surface area contributed by atoms with E-state index in [1.807, 2.05) is 26.8 Å². The van der Waals surface area contributed by atoms with Gasteiger partial charge in [0.05, 0.1) is 0 Å². The fourth-order valence-electron chi connectivity index (χ4n) is 3.95. The number of rotatable bonds is 8. The van der Waals surface area contributed by atoms with E-state index in [-0.39, 0.29) is 18.0 Å². The number of carbonyl (C=O) groups is 1. The van der Waals surface area contributed by atoms with Gasteiger partial charge in [0.15, 0.2) is 5.78 Å². The maximum Gasteiger partial charge on any atom is 0.339 e. The van der Waals surface area contributed by atoms with Crippen LogP contribution in [0.2, 0.25) is 0 Å². The molecule has 0 bridgehead atoms. The summed E-state index contributed by atoms with van der Waals surface area (Å²) in [4.78, 5) is 24.8. The van der Waals surface area contributed by atoms with Gasteiger partial charge in [-0.15, -0.1) is 0 Å². The molecule has 0 unspecified atom stereocenters. The second-order valence-corrected chi connectivity index (χ2v) is 9.28. The van der Waals surface area contributed by atoms with E-state index >= 15 is 0 Å². The van der Waals surface area contributed by atoms with Crippen molar-refractivity contribution < 1.29 is 13.9 Å². The first-order valence-electron chi connectivity index (χ1n) is 11.1. The highest BCUT2D eigenvalue weighted by Gasteiger charge is 2.23. The SMILES string of the molecule is CCCCCCc1cc2c3c(c(=O)oc2cc1OCC(=O)C(C)(C)C)CCCC3. The van der Waals surface area contributed by atoms with Gasteiger partial charge in [-0.3, -0.25) is 4.79 Å². The van der Waals surface area contributed by atoms with Crippen molar-refractivity contribution in [2.24, 2.45) is 5.41 Å². The van der Waals surface area contributed by atoms with Gasteiger partial charge in [0.1, 0.15) is 17.9 Å². The Balaban J connectivity index is 1.98. The second kappa shape index (κ2) is 9.15. The Bertz CT molecular complexity index is 930. The molecular formula is C25H34O4. The third-order valence-electron chi connectivity index (χ3n) is 5.90. The third-order valence-corrected chi connectivity index (χ3v) is 5.90. The molecule has 0 atom stereocenters. The first-order valence-corrected chi connectivity index (χ1v) is 11.1. The average molecular weight is 399 g/mol. The zero-order valence-corrected chi connectivity index (χ0v) is 18.4. The Hall–Kier alpha value is -2.10. The quantitative estimate of drug-likeness (QED) is 0.417. The van der Waals surface area contributed by atoms with E-state index in [1.165, 1.54) is 19.3 Å². The molecule has 1 aliphatic carbocycles. The van der Waals surface area contributed by atoms with E-state index in [0.717, 1.165) is 60.6 Å². The molecule has 0 aliphatic heterocycles. The van der Waals surface area contributed by atoms with Crippen LogP contribution >= 0.6 is 0 Å². The fraction of sp³-hybridized carbons (Fsp3) is 0.600. The molecule has 4 nitrogen and oxygen atoms in total. The van der Waals surface area contributed by atoms with Gasteiger partial charge in [0.25, 0.3) is 0 Å². The van der Waals surface area contributed by atoms with Crippen LogP contribution in [0.4, 0.5) is 0 Å². The van der Waals surface area contributed by atoms with E-state index in [9.17, 15) is 9.59 Å². The number of hydrogen-bond donors (Lipinski definition) is 0. The zero-order chi connectivity index (χ0) is 21.0. The summed E-state index contributed by atoms with van der Waals surface area (Å²) in [6, 6.07) is 3.97. The molecule has 3 rings (SSSR count). The summed E-state index contributed by atoms with van der Waals surface area (Å²) < 4.78 is 11.6.